The van der Waals surface area contributed by atoms with E-state index in [1.807, 2.05) is 0 Å². The monoisotopic (exact) mass is 378 g/mol. The molecule has 1 aromatic heterocycles. The molecule has 0 saturated heterocycles. The summed E-state index contributed by atoms with van der Waals surface area (Å²) in [5, 5.41) is 7.04. The number of benzene rings is 1. The van der Waals surface area contributed by atoms with Crippen molar-refractivity contribution in [2.24, 2.45) is 0 Å². The minimum Gasteiger partial charge on any atom is -0.465 e. The van der Waals surface area contributed by atoms with Gasteiger partial charge in [0.05, 0.1) is 12.7 Å². The molecule has 0 fully saturated rings. The summed E-state index contributed by atoms with van der Waals surface area (Å²) >= 11 is 6.86. The maximum Gasteiger partial charge on any atom is 0.341 e. The van der Waals surface area contributed by atoms with E-state index in [4.69, 9.17) is 17.0 Å². The van der Waals surface area contributed by atoms with Crippen molar-refractivity contribution in [3.63, 3.8) is 0 Å². The summed E-state index contributed by atoms with van der Waals surface area (Å²) in [5.74, 6) is -0.652. The number of thiophene rings is 1. The van der Waals surface area contributed by atoms with Gasteiger partial charge in [-0.15, -0.1) is 11.3 Å². The van der Waals surface area contributed by atoms with Gasteiger partial charge in [0.25, 0.3) is 0 Å². The Balaban J connectivity index is 1.82. The van der Waals surface area contributed by atoms with Crippen molar-refractivity contribution in [1.82, 2.24) is 0 Å². The molecule has 25 heavy (non-hydrogen) atoms. The maximum atomic E-state index is 13.7. The summed E-state index contributed by atoms with van der Waals surface area (Å²) in [4.78, 5) is 13.4. The fourth-order valence-corrected chi connectivity index (χ4v) is 4.47. The third kappa shape index (κ3) is 3.82. The molecule has 0 saturated carbocycles. The van der Waals surface area contributed by atoms with Gasteiger partial charge in [-0.2, -0.15) is 0 Å². The van der Waals surface area contributed by atoms with Gasteiger partial charge >= 0.3 is 5.97 Å². The van der Waals surface area contributed by atoms with Gasteiger partial charge in [0.15, 0.2) is 5.11 Å². The largest absolute Gasteiger partial charge is 0.465 e. The van der Waals surface area contributed by atoms with E-state index in [1.54, 1.807) is 19.1 Å². The van der Waals surface area contributed by atoms with Crippen LogP contribution in [0.25, 0.3) is 0 Å². The van der Waals surface area contributed by atoms with Gasteiger partial charge in [0, 0.05) is 10.6 Å². The molecule has 0 unspecified atom stereocenters. The summed E-state index contributed by atoms with van der Waals surface area (Å²) < 4.78 is 18.6. The maximum absolute atomic E-state index is 13.7. The van der Waals surface area contributed by atoms with Crippen LogP contribution in [-0.4, -0.2) is 18.2 Å². The number of aryl methyl sites for hydroxylation is 2. The zero-order valence-electron chi connectivity index (χ0n) is 14.1. The van der Waals surface area contributed by atoms with Gasteiger partial charge in [0.1, 0.15) is 10.8 Å². The Kier molecular flexibility index (Phi) is 5.34. The average molecular weight is 378 g/mol. The Morgan fingerprint density at radius 3 is 2.76 bits per heavy atom. The number of nitrogens with one attached hydrogen (secondary N) is 2. The number of rotatable bonds is 3. The molecular formula is C18H19FN2O2S2. The van der Waals surface area contributed by atoms with E-state index in [-0.39, 0.29) is 11.8 Å². The van der Waals surface area contributed by atoms with Gasteiger partial charge in [-0.3, -0.25) is 0 Å². The molecule has 1 aromatic carbocycles. The van der Waals surface area contributed by atoms with Crippen molar-refractivity contribution in [1.29, 1.82) is 0 Å². The molecule has 1 aliphatic rings. The lowest BCUT2D eigenvalue weighted by molar-refractivity contribution is 0.0601. The standard InChI is InChI=1S/C18H19FN2O2S2/c1-10-7-8-11(9-13(10)19)20-18(24)21-16-15(17(22)23-2)12-5-3-4-6-14(12)25-16/h7-9H,3-6H2,1-2H3,(H2,20,21,24). The number of thiocarbonyl (C=S) groups is 1. The van der Waals surface area contributed by atoms with Crippen molar-refractivity contribution in [3.05, 3.63) is 45.6 Å². The predicted molar refractivity (Wildman–Crippen MR) is 103 cm³/mol. The summed E-state index contributed by atoms with van der Waals surface area (Å²) in [6.45, 7) is 1.70. The van der Waals surface area contributed by atoms with Gasteiger partial charge in [0.2, 0.25) is 0 Å². The first-order valence-corrected chi connectivity index (χ1v) is 9.29. The van der Waals surface area contributed by atoms with Crippen molar-refractivity contribution in [3.8, 4) is 0 Å². The van der Waals surface area contributed by atoms with Crippen LogP contribution in [0.15, 0.2) is 18.2 Å². The topological polar surface area (TPSA) is 50.4 Å². The number of halogens is 1. The number of carbonyl (C=O) groups is 1. The molecule has 0 bridgehead atoms. The normalized spacial score (nSPS) is 13.1. The molecule has 1 heterocycles. The van der Waals surface area contributed by atoms with Crippen LogP contribution in [0.3, 0.4) is 0 Å². The van der Waals surface area contributed by atoms with E-state index < -0.39 is 0 Å². The Hall–Kier alpha value is -1.99. The second kappa shape index (κ2) is 7.49. The molecule has 2 aromatic rings. The number of esters is 1. The minimum absolute atomic E-state index is 0.297. The second-order valence-electron chi connectivity index (χ2n) is 5.95. The van der Waals surface area contributed by atoms with Gasteiger partial charge in [-0.1, -0.05) is 6.07 Å². The Morgan fingerprint density at radius 1 is 1.28 bits per heavy atom. The third-order valence-corrected chi connectivity index (χ3v) is 5.63. The molecule has 0 spiro atoms. The van der Waals surface area contributed by atoms with E-state index in [0.29, 0.717) is 26.9 Å². The molecule has 4 nitrogen and oxygen atoms in total. The second-order valence-corrected chi connectivity index (χ2v) is 7.46. The summed E-state index contributed by atoms with van der Waals surface area (Å²) in [6.07, 6.45) is 4.04. The number of methoxy groups -OCH3 is 1. The number of ether oxygens (including phenoxy) is 1. The molecule has 0 atom stereocenters. The van der Waals surface area contributed by atoms with E-state index in [2.05, 4.69) is 10.6 Å². The molecule has 0 aliphatic heterocycles. The SMILES string of the molecule is COC(=O)c1c(NC(=S)Nc2ccc(C)c(F)c2)sc2c1CCCC2. The summed E-state index contributed by atoms with van der Waals surface area (Å²) in [5.41, 5.74) is 2.76. The predicted octanol–water partition coefficient (Wildman–Crippen LogP) is 4.67. The minimum atomic E-state index is -0.355. The van der Waals surface area contributed by atoms with Crippen LogP contribution >= 0.6 is 23.6 Å². The number of anilines is 2. The Morgan fingerprint density at radius 2 is 2.04 bits per heavy atom. The molecule has 0 amide bonds. The fraction of sp³-hybridized carbons (Fsp3) is 0.333. The lowest BCUT2D eigenvalue weighted by Crippen LogP contribution is -2.20. The summed E-state index contributed by atoms with van der Waals surface area (Å²) in [6, 6.07) is 4.83. The van der Waals surface area contributed by atoms with Gasteiger partial charge in [-0.25, -0.2) is 9.18 Å². The summed E-state index contributed by atoms with van der Waals surface area (Å²) in [7, 11) is 1.38. The lowest BCUT2D eigenvalue weighted by Gasteiger charge is -2.13. The van der Waals surface area contributed by atoms with E-state index in [0.717, 1.165) is 31.2 Å². The fourth-order valence-electron chi connectivity index (χ4n) is 2.91. The van der Waals surface area contributed by atoms with Crippen molar-refractivity contribution < 1.29 is 13.9 Å². The van der Waals surface area contributed by atoms with E-state index >= 15 is 0 Å². The Bertz CT molecular complexity index is 833. The molecule has 7 heteroatoms. The zero-order valence-corrected chi connectivity index (χ0v) is 15.7. The van der Waals surface area contributed by atoms with Crippen LogP contribution < -0.4 is 10.6 Å². The molecule has 0 radical (unpaired) electrons. The van der Waals surface area contributed by atoms with Crippen LogP contribution in [0, 0.1) is 12.7 Å². The molecule has 132 valence electrons. The molecule has 3 rings (SSSR count). The highest BCUT2D eigenvalue weighted by molar-refractivity contribution is 7.80. The van der Waals surface area contributed by atoms with E-state index in [1.165, 1.54) is 29.4 Å². The smallest absolute Gasteiger partial charge is 0.341 e. The van der Waals surface area contributed by atoms with Crippen molar-refractivity contribution in [2.45, 2.75) is 32.6 Å². The highest BCUT2D eigenvalue weighted by Gasteiger charge is 2.26. The van der Waals surface area contributed by atoms with Crippen LogP contribution in [0.5, 0.6) is 0 Å². The average Bonchev–Trinajstić information content (AvgIpc) is 2.95. The highest BCUT2D eigenvalue weighted by atomic mass is 32.1. The first-order valence-electron chi connectivity index (χ1n) is 8.06. The number of hydrogen-bond acceptors (Lipinski definition) is 4. The van der Waals surface area contributed by atoms with Crippen LogP contribution in [0.4, 0.5) is 15.1 Å². The first-order chi connectivity index (χ1) is 12.0. The zero-order chi connectivity index (χ0) is 18.0. The van der Waals surface area contributed by atoms with Crippen molar-refractivity contribution in [2.75, 3.05) is 17.7 Å². The Labute approximate surface area is 155 Å². The number of carbonyl (C=O) groups excluding carboxylic acids is 1. The molecule has 1 aliphatic carbocycles. The molecular weight excluding hydrogens is 359 g/mol. The number of hydrogen-bond donors (Lipinski definition) is 2. The number of fused-ring (bicyclic) bond motifs is 1. The molecule has 2 N–H and O–H groups in total. The van der Waals surface area contributed by atoms with Crippen molar-refractivity contribution >= 4 is 45.3 Å². The van der Waals surface area contributed by atoms with Crippen LogP contribution in [0.2, 0.25) is 0 Å². The van der Waals surface area contributed by atoms with Crippen LogP contribution in [-0.2, 0) is 17.6 Å². The third-order valence-electron chi connectivity index (χ3n) is 4.22. The quantitative estimate of drug-likeness (QED) is 0.600. The first kappa shape index (κ1) is 17.8. The van der Waals surface area contributed by atoms with Gasteiger partial charge in [-0.05, 0) is 68.1 Å². The highest BCUT2D eigenvalue weighted by Crippen LogP contribution is 2.38. The lowest BCUT2D eigenvalue weighted by atomic mass is 9.95. The van der Waals surface area contributed by atoms with E-state index in [9.17, 15) is 9.18 Å². The van der Waals surface area contributed by atoms with Crippen LogP contribution in [0.1, 0.15) is 39.2 Å². The van der Waals surface area contributed by atoms with Gasteiger partial charge < -0.3 is 15.4 Å².